The predicted octanol–water partition coefficient (Wildman–Crippen LogP) is 6.10. The molecule has 7 rings (SSSR count). The largest absolute Gasteiger partial charge is 0.487 e. The average molecular weight is 801 g/mol. The van der Waals surface area contributed by atoms with Crippen LogP contribution in [-0.4, -0.2) is 118 Å². The quantitative estimate of drug-likeness (QED) is 0.289. The normalized spacial score (nSPS) is 32.1. The molecule has 1 aliphatic carbocycles. The van der Waals surface area contributed by atoms with E-state index in [2.05, 4.69) is 42.1 Å². The molecular formula is C41H58ClN5O5S2. The molecule has 5 aliphatic rings. The second kappa shape index (κ2) is 17.0. The van der Waals surface area contributed by atoms with E-state index in [1.807, 2.05) is 56.3 Å². The minimum absolute atomic E-state index is 0.219. The molecule has 10 nitrogen and oxygen atoms in total. The van der Waals surface area contributed by atoms with Crippen LogP contribution in [0, 0.1) is 17.8 Å². The van der Waals surface area contributed by atoms with E-state index in [-0.39, 0.29) is 11.8 Å². The van der Waals surface area contributed by atoms with E-state index in [0.29, 0.717) is 36.3 Å². The van der Waals surface area contributed by atoms with Crippen LogP contribution in [0.5, 0.6) is 5.75 Å². The van der Waals surface area contributed by atoms with Crippen LogP contribution in [0.15, 0.2) is 48.6 Å². The Hall–Kier alpha value is -2.32. The number of halogens is 1. The minimum atomic E-state index is -3.96. The second-order valence-corrected chi connectivity index (χ2v) is 19.5. The minimum Gasteiger partial charge on any atom is -0.487 e. The van der Waals surface area contributed by atoms with Gasteiger partial charge in [-0.1, -0.05) is 48.7 Å². The lowest BCUT2D eigenvalue weighted by Gasteiger charge is -2.53. The molecule has 4 aliphatic heterocycles. The fourth-order valence-corrected chi connectivity index (χ4v) is 11.3. The molecule has 2 aromatic rings. The standard InChI is InChI=1S/C41H58ClN5O5S2/c1-29-8-7-16-41(51-3,28-44-18-19-45-20-21-47(53-4)26-36(45)25-44)37-14-11-33(37)24-46-17-6-5-9-31-22-35(42)13-10-34(31)27-52-39-15-12-32(23-38(39)46)40(48)43-54(49,50)30(29)2/h7,10,12-13,15-16,22-23,29-30,33,36-37H,5-6,8-9,11,14,17-21,24-28H2,1-4H3,(H,43,48)/b16-7+/t29-,30+,33-,36?,37+,41+/m0/s1. The van der Waals surface area contributed by atoms with Gasteiger partial charge in [0.05, 0.1) is 10.9 Å². The number of fused-ring (bicyclic) bond motifs is 4. The van der Waals surface area contributed by atoms with Gasteiger partial charge in [0.15, 0.2) is 0 Å². The van der Waals surface area contributed by atoms with Gasteiger partial charge in [0.2, 0.25) is 10.0 Å². The molecule has 1 amide bonds. The fraction of sp³-hybridized carbons (Fsp3) is 0.634. The average Bonchev–Trinajstić information content (AvgIpc) is 3.18. The van der Waals surface area contributed by atoms with E-state index in [1.165, 1.54) is 5.56 Å². The summed E-state index contributed by atoms with van der Waals surface area (Å²) in [5, 5.41) is -0.0573. The van der Waals surface area contributed by atoms with Gasteiger partial charge >= 0.3 is 0 Å². The number of carbonyl (C=O) groups is 1. The van der Waals surface area contributed by atoms with E-state index >= 15 is 0 Å². The van der Waals surface area contributed by atoms with Gasteiger partial charge < -0.3 is 14.4 Å². The Bertz CT molecular complexity index is 1800. The number of allylic oxidation sites excluding steroid dienone is 1. The third-order valence-electron chi connectivity index (χ3n) is 13.0. The molecule has 3 fully saturated rings. The zero-order chi connectivity index (χ0) is 38.0. The first-order valence-electron chi connectivity index (χ1n) is 19.8. The number of nitrogens with one attached hydrogen (secondary N) is 1. The molecule has 2 aromatic carbocycles. The van der Waals surface area contributed by atoms with Gasteiger partial charge in [-0.15, -0.1) is 0 Å². The molecule has 4 heterocycles. The van der Waals surface area contributed by atoms with Gasteiger partial charge in [0.25, 0.3) is 5.91 Å². The number of rotatable bonds is 4. The number of sulfonamides is 1. The molecule has 1 unspecified atom stereocenters. The maximum absolute atomic E-state index is 13.7. The van der Waals surface area contributed by atoms with Gasteiger partial charge in [-0.25, -0.2) is 17.4 Å². The van der Waals surface area contributed by atoms with Crippen molar-refractivity contribution in [3.8, 4) is 5.75 Å². The van der Waals surface area contributed by atoms with Crippen LogP contribution in [0.2, 0.25) is 5.02 Å². The number of hydrogen-bond acceptors (Lipinski definition) is 10. The van der Waals surface area contributed by atoms with Crippen LogP contribution in [0.1, 0.15) is 67.4 Å². The Kier molecular flexibility index (Phi) is 12.6. The summed E-state index contributed by atoms with van der Waals surface area (Å²) in [4.78, 5) is 21.3. The van der Waals surface area contributed by atoms with E-state index < -0.39 is 26.8 Å². The summed E-state index contributed by atoms with van der Waals surface area (Å²) in [6.07, 6.45) is 12.1. The van der Waals surface area contributed by atoms with Crippen LogP contribution in [0.4, 0.5) is 5.69 Å². The number of anilines is 1. The maximum atomic E-state index is 13.7. The molecule has 13 heteroatoms. The zero-order valence-corrected chi connectivity index (χ0v) is 34.7. The number of piperazine rings is 2. The second-order valence-electron chi connectivity index (χ2n) is 16.2. The highest BCUT2D eigenvalue weighted by atomic mass is 35.5. The number of carbonyl (C=O) groups excluding carboxylic acids is 1. The zero-order valence-electron chi connectivity index (χ0n) is 32.3. The smallest absolute Gasteiger partial charge is 0.264 e. The van der Waals surface area contributed by atoms with E-state index in [9.17, 15) is 13.2 Å². The van der Waals surface area contributed by atoms with Crippen molar-refractivity contribution in [3.05, 3.63) is 70.3 Å². The predicted molar refractivity (Wildman–Crippen MR) is 219 cm³/mol. The fourth-order valence-electron chi connectivity index (χ4n) is 9.28. The van der Waals surface area contributed by atoms with Crippen molar-refractivity contribution < 1.29 is 22.7 Å². The summed E-state index contributed by atoms with van der Waals surface area (Å²) in [7, 11) is -2.09. The molecule has 2 saturated heterocycles. The summed E-state index contributed by atoms with van der Waals surface area (Å²) < 4.78 is 45.5. The number of aryl methyl sites for hydroxylation is 1. The van der Waals surface area contributed by atoms with E-state index in [4.69, 9.17) is 21.1 Å². The van der Waals surface area contributed by atoms with Gasteiger partial charge in [0, 0.05) is 82.6 Å². The summed E-state index contributed by atoms with van der Waals surface area (Å²) in [5.74, 6) is 0.471. The van der Waals surface area contributed by atoms with E-state index in [1.54, 1.807) is 13.0 Å². The number of methoxy groups -OCH3 is 1. The van der Waals surface area contributed by atoms with Gasteiger partial charge in [-0.3, -0.25) is 14.6 Å². The topological polar surface area (TPSA) is 94.7 Å². The molecular weight excluding hydrogens is 742 g/mol. The number of benzene rings is 2. The van der Waals surface area contributed by atoms with Crippen LogP contribution in [0.25, 0.3) is 0 Å². The molecule has 1 saturated carbocycles. The monoisotopic (exact) mass is 799 g/mol. The lowest BCUT2D eigenvalue weighted by Crippen LogP contribution is -2.64. The van der Waals surface area contributed by atoms with Crippen LogP contribution in [-0.2, 0) is 27.8 Å². The Morgan fingerprint density at radius 1 is 1.00 bits per heavy atom. The SMILES string of the molecule is CO[C@@]1(CN2CCN3CCN(SC)CC3C2)/C=C/C[C@H](C)[C@@H](C)S(=O)(=O)NC(=O)c2ccc3c(c2)N(CCCCc2cc(Cl)ccc2CO3)C[C@@H]2CC[C@H]21. The van der Waals surface area contributed by atoms with Gasteiger partial charge in [0.1, 0.15) is 18.0 Å². The summed E-state index contributed by atoms with van der Waals surface area (Å²) in [6, 6.07) is 11.8. The number of ether oxygens (including phenoxy) is 2. The van der Waals surface area contributed by atoms with Crippen molar-refractivity contribution in [1.29, 1.82) is 0 Å². The van der Waals surface area contributed by atoms with E-state index in [0.717, 1.165) is 107 Å². The van der Waals surface area contributed by atoms with Gasteiger partial charge in [-0.05, 0) is 111 Å². The van der Waals surface area contributed by atoms with Crippen molar-refractivity contribution in [2.45, 2.75) is 75.9 Å². The maximum Gasteiger partial charge on any atom is 0.264 e. The highest BCUT2D eigenvalue weighted by Gasteiger charge is 2.49. The summed E-state index contributed by atoms with van der Waals surface area (Å²) >= 11 is 8.26. The first-order valence-corrected chi connectivity index (χ1v) is 22.9. The van der Waals surface area contributed by atoms with Crippen LogP contribution >= 0.6 is 23.5 Å². The number of hydrogen-bond donors (Lipinski definition) is 1. The first-order chi connectivity index (χ1) is 26.0. The molecule has 2 bridgehead atoms. The van der Waals surface area contributed by atoms with Crippen LogP contribution < -0.4 is 14.4 Å². The summed E-state index contributed by atoms with van der Waals surface area (Å²) in [5.41, 5.74) is 2.89. The van der Waals surface area contributed by atoms with Crippen molar-refractivity contribution in [1.82, 2.24) is 18.8 Å². The van der Waals surface area contributed by atoms with Crippen molar-refractivity contribution in [3.63, 3.8) is 0 Å². The first kappa shape index (κ1) is 39.9. The third-order valence-corrected chi connectivity index (χ3v) is 16.0. The lowest BCUT2D eigenvalue weighted by atomic mass is 9.63. The van der Waals surface area contributed by atoms with Crippen LogP contribution in [0.3, 0.4) is 0 Å². The Labute approximate surface area is 332 Å². The molecule has 54 heavy (non-hydrogen) atoms. The Morgan fingerprint density at radius 2 is 1.83 bits per heavy atom. The van der Waals surface area contributed by atoms with Crippen molar-refractivity contribution in [2.75, 3.05) is 77.2 Å². The highest BCUT2D eigenvalue weighted by Crippen LogP contribution is 2.47. The lowest BCUT2D eigenvalue weighted by molar-refractivity contribution is -0.100. The highest BCUT2D eigenvalue weighted by molar-refractivity contribution is 7.96. The van der Waals surface area contributed by atoms with Crippen molar-refractivity contribution >= 4 is 45.2 Å². The molecule has 1 N–H and O–H groups in total. The number of nitrogens with zero attached hydrogens (tertiary/aromatic N) is 4. The van der Waals surface area contributed by atoms with Crippen molar-refractivity contribution in [2.24, 2.45) is 17.8 Å². The Balaban J connectivity index is 1.24. The summed E-state index contributed by atoms with van der Waals surface area (Å²) in [6.45, 7) is 12.7. The molecule has 296 valence electrons. The molecule has 0 radical (unpaired) electrons. The van der Waals surface area contributed by atoms with Gasteiger partial charge in [-0.2, -0.15) is 0 Å². The molecule has 6 atom stereocenters. The molecule has 0 spiro atoms. The molecule has 0 aromatic heterocycles. The Morgan fingerprint density at radius 3 is 2.61 bits per heavy atom. The third kappa shape index (κ3) is 8.65. The number of amides is 1.